The van der Waals surface area contributed by atoms with E-state index in [4.69, 9.17) is 0 Å². The second kappa shape index (κ2) is 4.19. The maximum atomic E-state index is 12.6. The van der Waals surface area contributed by atoms with Crippen molar-refractivity contribution in [2.75, 3.05) is 0 Å². The molecule has 1 aromatic rings. The van der Waals surface area contributed by atoms with Crippen LogP contribution in [0.15, 0.2) is 24.3 Å². The number of fused-ring (bicyclic) bond motifs is 5. The summed E-state index contributed by atoms with van der Waals surface area (Å²) in [5.74, 6) is 4.15. The highest BCUT2D eigenvalue weighted by molar-refractivity contribution is 6.00. The summed E-state index contributed by atoms with van der Waals surface area (Å²) in [6.07, 6.45) is 6.50. The Balaban J connectivity index is 1.50. The molecule has 0 spiro atoms. The van der Waals surface area contributed by atoms with Crippen molar-refractivity contribution in [3.05, 3.63) is 35.4 Å². The lowest BCUT2D eigenvalue weighted by molar-refractivity contribution is 0.0944. The summed E-state index contributed by atoms with van der Waals surface area (Å²) in [4.78, 5) is 12.6. The van der Waals surface area contributed by atoms with Crippen LogP contribution < -0.4 is 0 Å². The topological polar surface area (TPSA) is 17.1 Å². The maximum Gasteiger partial charge on any atom is 0.166 e. The molecule has 3 fully saturated rings. The van der Waals surface area contributed by atoms with Gasteiger partial charge in [-0.05, 0) is 54.9 Å². The molecule has 0 saturated heterocycles. The van der Waals surface area contributed by atoms with Crippen LogP contribution in [-0.4, -0.2) is 5.78 Å². The highest BCUT2D eigenvalue weighted by Gasteiger charge is 2.67. The number of Topliss-reactive ketones (excluding diaryl/α,β-unsaturated/α-hetero) is 1. The van der Waals surface area contributed by atoms with E-state index in [9.17, 15) is 4.79 Å². The van der Waals surface area contributed by atoms with Gasteiger partial charge in [-0.25, -0.2) is 0 Å². The van der Waals surface area contributed by atoms with Gasteiger partial charge in [0.05, 0.1) is 0 Å². The number of rotatable bonds is 4. The fraction of sp³-hybridized carbons (Fsp3) is 0.611. The highest BCUT2D eigenvalue weighted by Crippen LogP contribution is 2.69. The Kier molecular flexibility index (Phi) is 2.58. The van der Waals surface area contributed by atoms with Crippen LogP contribution in [0.4, 0.5) is 0 Å². The van der Waals surface area contributed by atoms with Gasteiger partial charge in [-0.3, -0.25) is 4.79 Å². The maximum absolute atomic E-state index is 12.6. The Morgan fingerprint density at radius 1 is 1.11 bits per heavy atom. The molecule has 1 heteroatoms. The molecule has 4 unspecified atom stereocenters. The van der Waals surface area contributed by atoms with E-state index in [-0.39, 0.29) is 0 Å². The lowest BCUT2D eigenvalue weighted by Gasteiger charge is -2.08. The van der Waals surface area contributed by atoms with Crippen molar-refractivity contribution in [1.29, 1.82) is 0 Å². The minimum atomic E-state index is 0.392. The van der Waals surface area contributed by atoms with Gasteiger partial charge in [0, 0.05) is 11.5 Å². The minimum Gasteiger partial charge on any atom is -0.294 e. The Hall–Kier alpha value is -1.11. The van der Waals surface area contributed by atoms with Gasteiger partial charge in [-0.15, -0.1) is 0 Å². The number of hydrogen-bond acceptors (Lipinski definition) is 1. The first-order valence-electron chi connectivity index (χ1n) is 7.92. The standard InChI is InChI=1S/C18H22O/c1-2-3-11-4-6-12(7-5-11)18(19)17-15-13-8-9-14(10-13)16(15)17/h4-7,13-17H,2-3,8-10H2,1H3. The average molecular weight is 254 g/mol. The predicted molar refractivity (Wildman–Crippen MR) is 76.1 cm³/mol. The Labute approximate surface area is 115 Å². The van der Waals surface area contributed by atoms with Gasteiger partial charge in [0.1, 0.15) is 0 Å². The van der Waals surface area contributed by atoms with Crippen molar-refractivity contribution in [2.45, 2.75) is 39.0 Å². The van der Waals surface area contributed by atoms with Crippen molar-refractivity contribution < 1.29 is 4.79 Å². The van der Waals surface area contributed by atoms with E-state index < -0.39 is 0 Å². The molecule has 19 heavy (non-hydrogen) atoms. The summed E-state index contributed by atoms with van der Waals surface area (Å²) in [5, 5.41) is 0. The van der Waals surface area contributed by atoms with Crippen LogP contribution in [0, 0.1) is 29.6 Å². The number of benzene rings is 1. The number of ketones is 1. The molecular weight excluding hydrogens is 232 g/mol. The van der Waals surface area contributed by atoms with Crippen LogP contribution in [0.2, 0.25) is 0 Å². The zero-order valence-corrected chi connectivity index (χ0v) is 11.6. The fourth-order valence-electron chi connectivity index (χ4n) is 4.99. The summed E-state index contributed by atoms with van der Waals surface area (Å²) in [7, 11) is 0. The molecule has 100 valence electrons. The van der Waals surface area contributed by atoms with Gasteiger partial charge in [-0.2, -0.15) is 0 Å². The van der Waals surface area contributed by atoms with Gasteiger partial charge < -0.3 is 0 Å². The highest BCUT2D eigenvalue weighted by atomic mass is 16.1. The van der Waals surface area contributed by atoms with E-state index >= 15 is 0 Å². The number of carbonyl (C=O) groups is 1. The molecule has 1 nitrogen and oxygen atoms in total. The Morgan fingerprint density at radius 3 is 2.32 bits per heavy atom. The average Bonchev–Trinajstić information content (AvgIpc) is 2.87. The van der Waals surface area contributed by atoms with Gasteiger partial charge in [0.25, 0.3) is 0 Å². The summed E-state index contributed by atoms with van der Waals surface area (Å²) in [6, 6.07) is 8.40. The van der Waals surface area contributed by atoms with Crippen molar-refractivity contribution in [3.8, 4) is 0 Å². The van der Waals surface area contributed by atoms with Crippen molar-refractivity contribution in [2.24, 2.45) is 29.6 Å². The number of hydrogen-bond donors (Lipinski definition) is 0. The van der Waals surface area contributed by atoms with E-state index in [1.165, 1.54) is 31.2 Å². The van der Waals surface area contributed by atoms with Gasteiger partial charge in [-0.1, -0.05) is 37.6 Å². The molecular formula is C18H22O. The normalized spacial score (nSPS) is 38.3. The third-order valence-electron chi connectivity index (χ3n) is 5.82. The molecule has 0 aromatic heterocycles. The van der Waals surface area contributed by atoms with Crippen LogP contribution in [0.25, 0.3) is 0 Å². The SMILES string of the molecule is CCCc1ccc(C(=O)C2C3C4CCC(C4)C23)cc1. The van der Waals surface area contributed by atoms with Crippen LogP contribution in [0.3, 0.4) is 0 Å². The second-order valence-corrected chi connectivity index (χ2v) is 6.82. The lowest BCUT2D eigenvalue weighted by Crippen LogP contribution is -2.10. The second-order valence-electron chi connectivity index (χ2n) is 6.82. The molecule has 1 aromatic carbocycles. The van der Waals surface area contributed by atoms with E-state index in [1.54, 1.807) is 0 Å². The molecule has 3 aliphatic rings. The third kappa shape index (κ3) is 1.70. The lowest BCUT2D eigenvalue weighted by atomic mass is 9.95. The molecule has 2 bridgehead atoms. The summed E-state index contributed by atoms with van der Waals surface area (Å²) >= 11 is 0. The van der Waals surface area contributed by atoms with Gasteiger partial charge in [0.15, 0.2) is 5.78 Å². The fourth-order valence-corrected chi connectivity index (χ4v) is 4.99. The van der Waals surface area contributed by atoms with Crippen LogP contribution in [-0.2, 0) is 6.42 Å². The number of carbonyl (C=O) groups excluding carboxylic acids is 1. The summed E-state index contributed by atoms with van der Waals surface area (Å²) < 4.78 is 0. The van der Waals surface area contributed by atoms with E-state index in [1.807, 2.05) is 0 Å². The molecule has 4 atom stereocenters. The molecule has 3 saturated carbocycles. The third-order valence-corrected chi connectivity index (χ3v) is 5.82. The molecule has 0 N–H and O–H groups in total. The molecule has 0 amide bonds. The van der Waals surface area contributed by atoms with E-state index in [2.05, 4.69) is 31.2 Å². The summed E-state index contributed by atoms with van der Waals surface area (Å²) in [5.41, 5.74) is 2.31. The summed E-state index contributed by atoms with van der Waals surface area (Å²) in [6.45, 7) is 2.19. The van der Waals surface area contributed by atoms with Crippen LogP contribution in [0.1, 0.15) is 48.5 Å². The van der Waals surface area contributed by atoms with E-state index in [0.717, 1.165) is 35.7 Å². The largest absolute Gasteiger partial charge is 0.294 e. The van der Waals surface area contributed by atoms with Crippen molar-refractivity contribution >= 4 is 5.78 Å². The quantitative estimate of drug-likeness (QED) is 0.739. The smallest absolute Gasteiger partial charge is 0.166 e. The first kappa shape index (κ1) is 11.7. The van der Waals surface area contributed by atoms with Crippen molar-refractivity contribution in [3.63, 3.8) is 0 Å². The predicted octanol–water partition coefficient (Wildman–Crippen LogP) is 4.11. The Bertz CT molecular complexity index is 485. The zero-order chi connectivity index (χ0) is 13.0. The molecule has 0 aliphatic heterocycles. The molecule has 0 heterocycles. The first-order chi connectivity index (χ1) is 9.29. The monoisotopic (exact) mass is 254 g/mol. The van der Waals surface area contributed by atoms with Crippen LogP contribution >= 0.6 is 0 Å². The van der Waals surface area contributed by atoms with E-state index in [0.29, 0.717) is 11.7 Å². The molecule has 0 radical (unpaired) electrons. The van der Waals surface area contributed by atoms with Gasteiger partial charge >= 0.3 is 0 Å². The Morgan fingerprint density at radius 2 is 1.74 bits per heavy atom. The minimum absolute atomic E-state index is 0.392. The zero-order valence-electron chi connectivity index (χ0n) is 11.6. The number of aryl methyl sites for hydroxylation is 1. The van der Waals surface area contributed by atoms with Crippen LogP contribution in [0.5, 0.6) is 0 Å². The van der Waals surface area contributed by atoms with Crippen molar-refractivity contribution in [1.82, 2.24) is 0 Å². The molecule has 4 rings (SSSR count). The first-order valence-corrected chi connectivity index (χ1v) is 7.92. The van der Waals surface area contributed by atoms with Gasteiger partial charge in [0.2, 0.25) is 0 Å². The molecule has 3 aliphatic carbocycles.